The number of carbonyl (C=O) groups excluding carboxylic acids is 1. The van der Waals surface area contributed by atoms with Crippen LogP contribution in [0.1, 0.15) is 27.2 Å². The number of alkyl carbamates (subject to hydrolysis) is 1. The maximum atomic E-state index is 12.8. The summed E-state index contributed by atoms with van der Waals surface area (Å²) in [5.41, 5.74) is -0.572. The zero-order valence-electron chi connectivity index (χ0n) is 9.77. The van der Waals surface area contributed by atoms with E-state index in [4.69, 9.17) is 4.74 Å². The van der Waals surface area contributed by atoms with Crippen LogP contribution >= 0.6 is 0 Å². The number of amides is 1. The second-order valence-corrected chi connectivity index (χ2v) is 5.02. The molecule has 0 aromatic carbocycles. The van der Waals surface area contributed by atoms with Crippen molar-refractivity contribution in [2.45, 2.75) is 44.8 Å². The van der Waals surface area contributed by atoms with E-state index < -0.39 is 17.6 Å². The Labute approximate surface area is 93.7 Å². The lowest BCUT2D eigenvalue weighted by Crippen LogP contribution is -2.39. The lowest BCUT2D eigenvalue weighted by Gasteiger charge is -2.20. The summed E-state index contributed by atoms with van der Waals surface area (Å²) >= 11 is 0. The molecular formula is C10H18F2N2O2. The number of ether oxygens (including phenoxy) is 1. The summed E-state index contributed by atoms with van der Waals surface area (Å²) in [6, 6.07) is -0.387. The van der Waals surface area contributed by atoms with E-state index in [1.807, 2.05) is 0 Å². The number of halogens is 2. The quantitative estimate of drug-likeness (QED) is 0.764. The molecule has 1 fully saturated rings. The summed E-state index contributed by atoms with van der Waals surface area (Å²) in [6.07, 6.45) is -0.826. The predicted octanol–water partition coefficient (Wildman–Crippen LogP) is 1.51. The van der Waals surface area contributed by atoms with Crippen molar-refractivity contribution in [2.75, 3.05) is 13.1 Å². The summed E-state index contributed by atoms with van der Waals surface area (Å²) in [6.45, 7) is 5.07. The first kappa shape index (κ1) is 13.2. The highest BCUT2D eigenvalue weighted by Crippen LogP contribution is 2.24. The SMILES string of the molecule is CC(C)(C)OC(=O)NC[C@H]1CC(F)(F)CN1. The lowest BCUT2D eigenvalue weighted by atomic mass is 10.2. The van der Waals surface area contributed by atoms with E-state index in [2.05, 4.69) is 10.6 Å². The third-order valence-corrected chi connectivity index (χ3v) is 2.09. The molecule has 1 rings (SSSR count). The van der Waals surface area contributed by atoms with Gasteiger partial charge in [0.05, 0.1) is 6.54 Å². The van der Waals surface area contributed by atoms with Gasteiger partial charge in [-0.3, -0.25) is 0 Å². The molecule has 2 N–H and O–H groups in total. The van der Waals surface area contributed by atoms with Crippen LogP contribution in [-0.4, -0.2) is 36.7 Å². The molecule has 1 aliphatic rings. The van der Waals surface area contributed by atoms with Crippen LogP contribution in [-0.2, 0) is 4.74 Å². The van der Waals surface area contributed by atoms with Gasteiger partial charge in [-0.05, 0) is 20.8 Å². The van der Waals surface area contributed by atoms with Crippen LogP contribution in [0.15, 0.2) is 0 Å². The van der Waals surface area contributed by atoms with Gasteiger partial charge in [0.25, 0.3) is 5.92 Å². The fourth-order valence-electron chi connectivity index (χ4n) is 1.46. The van der Waals surface area contributed by atoms with Crippen LogP contribution in [0.2, 0.25) is 0 Å². The molecule has 0 aromatic rings. The molecule has 0 aromatic heterocycles. The van der Waals surface area contributed by atoms with Gasteiger partial charge in [0, 0.05) is 19.0 Å². The van der Waals surface area contributed by atoms with Gasteiger partial charge in [-0.15, -0.1) is 0 Å². The summed E-state index contributed by atoms with van der Waals surface area (Å²) in [5, 5.41) is 5.11. The number of nitrogens with one attached hydrogen (secondary N) is 2. The average Bonchev–Trinajstić information content (AvgIpc) is 2.39. The van der Waals surface area contributed by atoms with E-state index >= 15 is 0 Å². The third kappa shape index (κ3) is 4.74. The van der Waals surface area contributed by atoms with E-state index in [1.165, 1.54) is 0 Å². The highest BCUT2D eigenvalue weighted by molar-refractivity contribution is 5.67. The van der Waals surface area contributed by atoms with E-state index in [9.17, 15) is 13.6 Å². The van der Waals surface area contributed by atoms with Crippen molar-refractivity contribution in [3.8, 4) is 0 Å². The number of rotatable bonds is 2. The number of hydrogen-bond acceptors (Lipinski definition) is 3. The largest absolute Gasteiger partial charge is 0.444 e. The summed E-state index contributed by atoms with van der Waals surface area (Å²) < 4.78 is 30.6. The zero-order chi connectivity index (χ0) is 12.4. The minimum atomic E-state index is -2.67. The van der Waals surface area contributed by atoms with Crippen LogP contribution in [0.25, 0.3) is 0 Å². The normalized spacial score (nSPS) is 24.2. The molecule has 16 heavy (non-hydrogen) atoms. The maximum Gasteiger partial charge on any atom is 0.407 e. The first-order valence-electron chi connectivity index (χ1n) is 5.26. The fraction of sp³-hybridized carbons (Fsp3) is 0.900. The van der Waals surface area contributed by atoms with E-state index in [-0.39, 0.29) is 25.6 Å². The molecule has 1 saturated heterocycles. The molecule has 0 unspecified atom stereocenters. The number of alkyl halides is 2. The smallest absolute Gasteiger partial charge is 0.407 e. The molecule has 0 radical (unpaired) electrons. The van der Waals surface area contributed by atoms with Crippen molar-refractivity contribution in [1.82, 2.24) is 10.6 Å². The molecule has 1 atom stereocenters. The van der Waals surface area contributed by atoms with Gasteiger partial charge in [0.15, 0.2) is 0 Å². The van der Waals surface area contributed by atoms with Crippen molar-refractivity contribution in [3.05, 3.63) is 0 Å². The summed E-state index contributed by atoms with van der Waals surface area (Å²) in [5.74, 6) is -2.67. The molecule has 94 valence electrons. The van der Waals surface area contributed by atoms with Crippen LogP contribution in [0.5, 0.6) is 0 Å². The highest BCUT2D eigenvalue weighted by atomic mass is 19.3. The van der Waals surface area contributed by atoms with E-state index in [1.54, 1.807) is 20.8 Å². The van der Waals surface area contributed by atoms with Gasteiger partial charge in [-0.1, -0.05) is 0 Å². The molecule has 0 bridgehead atoms. The second-order valence-electron chi connectivity index (χ2n) is 5.02. The minimum Gasteiger partial charge on any atom is -0.444 e. The molecule has 4 nitrogen and oxygen atoms in total. The standard InChI is InChI=1S/C10H18F2N2O2/c1-9(2,3)16-8(15)13-5-7-4-10(11,12)6-14-7/h7,14H,4-6H2,1-3H3,(H,13,15)/t7-/m1/s1. The molecule has 1 aliphatic heterocycles. The summed E-state index contributed by atoms with van der Waals surface area (Å²) in [7, 11) is 0. The maximum absolute atomic E-state index is 12.8. The van der Waals surface area contributed by atoms with Crippen LogP contribution in [0.4, 0.5) is 13.6 Å². The Hall–Kier alpha value is -0.910. The molecule has 0 saturated carbocycles. The third-order valence-electron chi connectivity index (χ3n) is 2.09. The van der Waals surface area contributed by atoms with Gasteiger partial charge in [0.2, 0.25) is 0 Å². The second kappa shape index (κ2) is 4.53. The molecule has 0 spiro atoms. The lowest BCUT2D eigenvalue weighted by molar-refractivity contribution is 0.0205. The highest BCUT2D eigenvalue weighted by Gasteiger charge is 2.39. The first-order valence-corrected chi connectivity index (χ1v) is 5.26. The Bertz CT molecular complexity index is 264. The Morgan fingerprint density at radius 3 is 2.62 bits per heavy atom. The Morgan fingerprint density at radius 2 is 2.19 bits per heavy atom. The Morgan fingerprint density at radius 1 is 1.56 bits per heavy atom. The molecule has 1 heterocycles. The molecule has 1 amide bonds. The van der Waals surface area contributed by atoms with Gasteiger partial charge in [-0.25, -0.2) is 13.6 Å². The minimum absolute atomic E-state index is 0.157. The average molecular weight is 236 g/mol. The van der Waals surface area contributed by atoms with Gasteiger partial charge >= 0.3 is 6.09 Å². The number of carbonyl (C=O) groups is 1. The zero-order valence-corrected chi connectivity index (χ0v) is 9.77. The number of hydrogen-bond donors (Lipinski definition) is 2. The van der Waals surface area contributed by atoms with E-state index in [0.29, 0.717) is 0 Å². The van der Waals surface area contributed by atoms with Crippen LogP contribution < -0.4 is 10.6 Å². The van der Waals surface area contributed by atoms with Gasteiger partial charge in [-0.2, -0.15) is 0 Å². The molecular weight excluding hydrogens is 218 g/mol. The Kier molecular flexibility index (Phi) is 3.72. The van der Waals surface area contributed by atoms with E-state index in [0.717, 1.165) is 0 Å². The first-order chi connectivity index (χ1) is 7.18. The van der Waals surface area contributed by atoms with Crippen molar-refractivity contribution in [3.63, 3.8) is 0 Å². The van der Waals surface area contributed by atoms with Gasteiger partial charge < -0.3 is 15.4 Å². The predicted molar refractivity (Wildman–Crippen MR) is 55.6 cm³/mol. The summed E-state index contributed by atoms with van der Waals surface area (Å²) in [4.78, 5) is 11.2. The monoisotopic (exact) mass is 236 g/mol. The Balaban J connectivity index is 2.23. The topological polar surface area (TPSA) is 50.4 Å². The fourth-order valence-corrected chi connectivity index (χ4v) is 1.46. The van der Waals surface area contributed by atoms with Gasteiger partial charge in [0.1, 0.15) is 5.60 Å². The van der Waals surface area contributed by atoms with Crippen molar-refractivity contribution in [2.24, 2.45) is 0 Å². The van der Waals surface area contributed by atoms with Crippen molar-refractivity contribution >= 4 is 6.09 Å². The molecule has 0 aliphatic carbocycles. The van der Waals surface area contributed by atoms with Crippen LogP contribution in [0, 0.1) is 0 Å². The molecule has 6 heteroatoms. The van der Waals surface area contributed by atoms with Crippen LogP contribution in [0.3, 0.4) is 0 Å². The van der Waals surface area contributed by atoms with Crippen molar-refractivity contribution in [1.29, 1.82) is 0 Å². The van der Waals surface area contributed by atoms with Crippen molar-refractivity contribution < 1.29 is 18.3 Å².